The number of carboxylic acids is 1. The molecule has 1 aliphatic carbocycles. The summed E-state index contributed by atoms with van der Waals surface area (Å²) in [5, 5.41) is 9.39. The lowest BCUT2D eigenvalue weighted by Gasteiger charge is -2.46. The number of sulfonamides is 1. The van der Waals surface area contributed by atoms with Crippen molar-refractivity contribution < 1.29 is 18.3 Å². The molecule has 0 aromatic carbocycles. The molecule has 1 aliphatic heterocycles. The molecule has 2 aliphatic rings. The van der Waals surface area contributed by atoms with Crippen LogP contribution in [0.3, 0.4) is 0 Å². The van der Waals surface area contributed by atoms with Crippen molar-refractivity contribution in [2.24, 2.45) is 11.8 Å². The van der Waals surface area contributed by atoms with Crippen LogP contribution in [-0.4, -0.2) is 41.6 Å². The van der Waals surface area contributed by atoms with E-state index < -0.39 is 22.0 Å². The number of aliphatic carboxylic acids is 1. The van der Waals surface area contributed by atoms with Gasteiger partial charge in [0.15, 0.2) is 0 Å². The van der Waals surface area contributed by atoms with Crippen LogP contribution in [0.15, 0.2) is 0 Å². The second-order valence-electron chi connectivity index (χ2n) is 6.55. The fourth-order valence-electron chi connectivity index (χ4n) is 3.73. The van der Waals surface area contributed by atoms with Gasteiger partial charge in [-0.15, -0.1) is 0 Å². The Morgan fingerprint density at radius 2 is 1.85 bits per heavy atom. The fourth-order valence-corrected chi connectivity index (χ4v) is 6.02. The Balaban J connectivity index is 2.32. The van der Waals surface area contributed by atoms with Crippen LogP contribution in [0, 0.1) is 11.8 Å². The molecule has 2 fully saturated rings. The molecule has 0 amide bonds. The van der Waals surface area contributed by atoms with Crippen LogP contribution < -0.4 is 0 Å². The molecule has 116 valence electrons. The Hall–Kier alpha value is -0.620. The lowest BCUT2D eigenvalue weighted by molar-refractivity contribution is -0.144. The summed E-state index contributed by atoms with van der Waals surface area (Å²) in [5.41, 5.74) is 0. The highest BCUT2D eigenvalue weighted by atomic mass is 32.2. The van der Waals surface area contributed by atoms with Gasteiger partial charge in [-0.1, -0.05) is 26.7 Å². The first-order chi connectivity index (χ1) is 9.33. The number of hydrogen-bond acceptors (Lipinski definition) is 3. The lowest BCUT2D eigenvalue weighted by atomic mass is 9.78. The number of carboxylic acid groups (broad SMARTS) is 1. The molecular weight excluding hydrogens is 278 g/mol. The molecule has 2 rings (SSSR count). The standard InChI is InChI=1S/C14H25NO4S/c1-10(2)9-20(18,19)15-12-6-4-3-5-11(12)7-8-13(15)14(16)17/h10-13H,3-9H2,1-2H3,(H,16,17). The third-order valence-electron chi connectivity index (χ3n) is 4.46. The van der Waals surface area contributed by atoms with E-state index in [1.54, 1.807) is 0 Å². The van der Waals surface area contributed by atoms with E-state index in [-0.39, 0.29) is 17.7 Å². The van der Waals surface area contributed by atoms with E-state index in [2.05, 4.69) is 0 Å². The van der Waals surface area contributed by atoms with Crippen LogP contribution in [0.25, 0.3) is 0 Å². The molecule has 1 N–H and O–H groups in total. The van der Waals surface area contributed by atoms with Gasteiger partial charge in [-0.3, -0.25) is 4.79 Å². The maximum atomic E-state index is 12.6. The molecule has 0 aromatic heterocycles. The summed E-state index contributed by atoms with van der Waals surface area (Å²) in [6.45, 7) is 3.71. The molecule has 20 heavy (non-hydrogen) atoms. The molecule has 0 bridgehead atoms. The smallest absolute Gasteiger partial charge is 0.322 e. The van der Waals surface area contributed by atoms with Crippen molar-refractivity contribution in [3.05, 3.63) is 0 Å². The number of carbonyl (C=O) groups is 1. The Bertz CT molecular complexity index is 460. The predicted molar refractivity (Wildman–Crippen MR) is 76.9 cm³/mol. The van der Waals surface area contributed by atoms with Gasteiger partial charge in [0.1, 0.15) is 6.04 Å². The largest absolute Gasteiger partial charge is 0.480 e. The average molecular weight is 303 g/mol. The van der Waals surface area contributed by atoms with Gasteiger partial charge in [-0.25, -0.2) is 8.42 Å². The average Bonchev–Trinajstić information content (AvgIpc) is 2.35. The van der Waals surface area contributed by atoms with Crippen LogP contribution in [0.4, 0.5) is 0 Å². The third kappa shape index (κ3) is 3.17. The maximum Gasteiger partial charge on any atom is 0.322 e. The van der Waals surface area contributed by atoms with E-state index in [1.165, 1.54) is 4.31 Å². The Kier molecular flexibility index (Phi) is 4.74. The van der Waals surface area contributed by atoms with Crippen LogP contribution in [-0.2, 0) is 14.8 Å². The van der Waals surface area contributed by atoms with Gasteiger partial charge in [0.05, 0.1) is 5.75 Å². The number of nitrogens with zero attached hydrogens (tertiary/aromatic N) is 1. The van der Waals surface area contributed by atoms with Crippen LogP contribution in [0.5, 0.6) is 0 Å². The van der Waals surface area contributed by atoms with E-state index in [0.717, 1.165) is 32.1 Å². The summed E-state index contributed by atoms with van der Waals surface area (Å²) in [6.07, 6.45) is 5.28. The summed E-state index contributed by atoms with van der Waals surface area (Å²) in [4.78, 5) is 11.5. The molecule has 0 spiro atoms. The topological polar surface area (TPSA) is 74.7 Å². The molecule has 1 saturated carbocycles. The van der Waals surface area contributed by atoms with Crippen molar-refractivity contribution in [2.75, 3.05) is 5.75 Å². The van der Waals surface area contributed by atoms with Crippen molar-refractivity contribution in [1.29, 1.82) is 0 Å². The van der Waals surface area contributed by atoms with E-state index in [9.17, 15) is 18.3 Å². The monoisotopic (exact) mass is 303 g/mol. The molecule has 1 saturated heterocycles. The fraction of sp³-hybridized carbons (Fsp3) is 0.929. The zero-order chi connectivity index (χ0) is 14.9. The Morgan fingerprint density at radius 3 is 2.45 bits per heavy atom. The molecule has 1 heterocycles. The summed E-state index contributed by atoms with van der Waals surface area (Å²) in [5.74, 6) is -0.596. The van der Waals surface area contributed by atoms with Crippen molar-refractivity contribution in [2.45, 2.75) is 64.5 Å². The van der Waals surface area contributed by atoms with Crippen molar-refractivity contribution in [3.8, 4) is 0 Å². The predicted octanol–water partition coefficient (Wildman–Crippen LogP) is 2.08. The highest BCUT2D eigenvalue weighted by Crippen LogP contribution is 2.39. The lowest BCUT2D eigenvalue weighted by Crippen LogP contribution is -2.58. The van der Waals surface area contributed by atoms with Gasteiger partial charge < -0.3 is 5.11 Å². The molecule has 5 nitrogen and oxygen atoms in total. The molecule has 3 unspecified atom stereocenters. The van der Waals surface area contributed by atoms with Gasteiger partial charge >= 0.3 is 5.97 Å². The van der Waals surface area contributed by atoms with Gasteiger partial charge in [-0.05, 0) is 37.5 Å². The zero-order valence-corrected chi connectivity index (χ0v) is 13.1. The minimum absolute atomic E-state index is 0.0124. The zero-order valence-electron chi connectivity index (χ0n) is 12.3. The van der Waals surface area contributed by atoms with Gasteiger partial charge in [0, 0.05) is 6.04 Å². The van der Waals surface area contributed by atoms with Gasteiger partial charge in [0.2, 0.25) is 10.0 Å². The quantitative estimate of drug-likeness (QED) is 0.863. The second kappa shape index (κ2) is 6.02. The number of fused-ring (bicyclic) bond motifs is 1. The van der Waals surface area contributed by atoms with E-state index in [4.69, 9.17) is 0 Å². The first-order valence-corrected chi connectivity index (χ1v) is 9.18. The highest BCUT2D eigenvalue weighted by molar-refractivity contribution is 7.89. The van der Waals surface area contributed by atoms with Crippen LogP contribution in [0.2, 0.25) is 0 Å². The minimum atomic E-state index is -3.49. The maximum absolute atomic E-state index is 12.6. The SMILES string of the molecule is CC(C)CS(=O)(=O)N1C(C(=O)O)CCC2CCCCC21. The van der Waals surface area contributed by atoms with Crippen molar-refractivity contribution >= 4 is 16.0 Å². The van der Waals surface area contributed by atoms with Crippen LogP contribution >= 0.6 is 0 Å². The summed E-state index contributed by atoms with van der Waals surface area (Å²) in [7, 11) is -3.49. The number of rotatable bonds is 4. The third-order valence-corrected chi connectivity index (χ3v) is 6.72. The number of piperidine rings is 1. The number of hydrogen-bond donors (Lipinski definition) is 1. The summed E-state index contributed by atoms with van der Waals surface area (Å²) < 4.78 is 26.6. The van der Waals surface area contributed by atoms with Crippen molar-refractivity contribution in [3.63, 3.8) is 0 Å². The molecule has 0 aromatic rings. The van der Waals surface area contributed by atoms with E-state index in [0.29, 0.717) is 12.3 Å². The van der Waals surface area contributed by atoms with Crippen LogP contribution in [0.1, 0.15) is 52.4 Å². The molecule has 6 heteroatoms. The normalized spacial score (nSPS) is 32.0. The van der Waals surface area contributed by atoms with E-state index in [1.807, 2.05) is 13.8 Å². The molecule has 3 atom stereocenters. The van der Waals surface area contributed by atoms with Gasteiger partial charge in [-0.2, -0.15) is 4.31 Å². The van der Waals surface area contributed by atoms with E-state index >= 15 is 0 Å². The summed E-state index contributed by atoms with van der Waals surface area (Å²) >= 11 is 0. The molecular formula is C14H25NO4S. The van der Waals surface area contributed by atoms with Crippen molar-refractivity contribution in [1.82, 2.24) is 4.31 Å². The first-order valence-electron chi connectivity index (χ1n) is 7.57. The molecule has 0 radical (unpaired) electrons. The minimum Gasteiger partial charge on any atom is -0.480 e. The first kappa shape index (κ1) is 15.8. The Morgan fingerprint density at radius 1 is 1.20 bits per heavy atom. The second-order valence-corrected chi connectivity index (χ2v) is 8.46. The Labute approximate surface area is 121 Å². The summed E-state index contributed by atoms with van der Waals surface area (Å²) in [6, 6.07) is -0.958. The van der Waals surface area contributed by atoms with Gasteiger partial charge in [0.25, 0.3) is 0 Å². The highest BCUT2D eigenvalue weighted by Gasteiger charge is 2.47.